The van der Waals surface area contributed by atoms with Gasteiger partial charge >= 0.3 is 0 Å². The highest BCUT2D eigenvalue weighted by atomic mass is 79.9. The van der Waals surface area contributed by atoms with Crippen LogP contribution >= 0.6 is 27.3 Å². The molecule has 1 fully saturated rings. The van der Waals surface area contributed by atoms with Crippen molar-refractivity contribution in [3.63, 3.8) is 0 Å². The number of halogens is 1. The molecular formula is C15H25BrN2S. The SMILES string of the molecule is CCC1(C)CCN(CCNCc2cc(Br)cs2)CC1. The molecule has 4 heteroatoms. The summed E-state index contributed by atoms with van der Waals surface area (Å²) >= 11 is 5.31. The van der Waals surface area contributed by atoms with Gasteiger partial charge in [0.1, 0.15) is 0 Å². The molecule has 0 unspecified atom stereocenters. The zero-order chi connectivity index (χ0) is 13.7. The minimum atomic E-state index is 0.604. The highest BCUT2D eigenvalue weighted by molar-refractivity contribution is 9.10. The predicted molar refractivity (Wildman–Crippen MR) is 87.8 cm³/mol. The molecule has 108 valence electrons. The van der Waals surface area contributed by atoms with Crippen molar-refractivity contribution in [3.8, 4) is 0 Å². The quantitative estimate of drug-likeness (QED) is 0.781. The maximum Gasteiger partial charge on any atom is 0.0300 e. The maximum atomic E-state index is 3.54. The molecule has 0 aromatic carbocycles. The predicted octanol–water partition coefficient (Wildman–Crippen LogP) is 4.11. The zero-order valence-electron chi connectivity index (χ0n) is 12.0. The Hall–Kier alpha value is 0.1000. The Bertz CT molecular complexity index is 383. The van der Waals surface area contributed by atoms with Crippen molar-refractivity contribution in [2.75, 3.05) is 26.2 Å². The summed E-state index contributed by atoms with van der Waals surface area (Å²) in [6.45, 7) is 10.6. The summed E-state index contributed by atoms with van der Waals surface area (Å²) in [5, 5.41) is 5.69. The fourth-order valence-corrected chi connectivity index (χ4v) is 3.99. The molecule has 0 aliphatic carbocycles. The van der Waals surface area contributed by atoms with Crippen LogP contribution in [0.3, 0.4) is 0 Å². The van der Waals surface area contributed by atoms with Gasteiger partial charge in [-0.3, -0.25) is 0 Å². The summed E-state index contributed by atoms with van der Waals surface area (Å²) in [5.74, 6) is 0. The minimum absolute atomic E-state index is 0.604. The summed E-state index contributed by atoms with van der Waals surface area (Å²) < 4.78 is 1.20. The Balaban J connectivity index is 1.59. The summed E-state index contributed by atoms with van der Waals surface area (Å²) in [6.07, 6.45) is 4.05. The lowest BCUT2D eigenvalue weighted by Crippen LogP contribution is -2.41. The van der Waals surface area contributed by atoms with Crippen molar-refractivity contribution >= 4 is 27.3 Å². The molecule has 1 aromatic rings. The first-order chi connectivity index (χ1) is 9.11. The van der Waals surface area contributed by atoms with E-state index in [0.717, 1.165) is 13.1 Å². The molecule has 2 nitrogen and oxygen atoms in total. The molecule has 1 N–H and O–H groups in total. The molecule has 2 heterocycles. The van der Waals surface area contributed by atoms with Gasteiger partial charge in [-0.15, -0.1) is 11.3 Å². The number of thiophene rings is 1. The molecule has 0 amide bonds. The van der Waals surface area contributed by atoms with E-state index in [4.69, 9.17) is 0 Å². The van der Waals surface area contributed by atoms with E-state index >= 15 is 0 Å². The molecule has 0 radical (unpaired) electrons. The van der Waals surface area contributed by atoms with E-state index in [-0.39, 0.29) is 0 Å². The van der Waals surface area contributed by atoms with Gasteiger partial charge in [0.05, 0.1) is 0 Å². The molecule has 2 rings (SSSR count). The highest BCUT2D eigenvalue weighted by Crippen LogP contribution is 2.33. The molecule has 1 aromatic heterocycles. The van der Waals surface area contributed by atoms with Crippen LogP contribution in [-0.2, 0) is 6.54 Å². The monoisotopic (exact) mass is 344 g/mol. The van der Waals surface area contributed by atoms with Crippen LogP contribution in [0.25, 0.3) is 0 Å². The highest BCUT2D eigenvalue weighted by Gasteiger charge is 2.27. The third-order valence-corrected chi connectivity index (χ3v) is 6.14. The van der Waals surface area contributed by atoms with E-state index in [0.29, 0.717) is 5.41 Å². The van der Waals surface area contributed by atoms with Crippen LogP contribution in [0.15, 0.2) is 15.9 Å². The first-order valence-electron chi connectivity index (χ1n) is 7.27. The van der Waals surface area contributed by atoms with E-state index in [1.165, 1.54) is 48.2 Å². The van der Waals surface area contributed by atoms with Crippen LogP contribution in [0, 0.1) is 5.41 Å². The van der Waals surface area contributed by atoms with Crippen LogP contribution in [0.5, 0.6) is 0 Å². The molecule has 0 saturated carbocycles. The lowest BCUT2D eigenvalue weighted by molar-refractivity contribution is 0.115. The van der Waals surface area contributed by atoms with Crippen molar-refractivity contribution in [2.45, 2.75) is 39.7 Å². The van der Waals surface area contributed by atoms with Crippen molar-refractivity contribution in [1.82, 2.24) is 10.2 Å². The van der Waals surface area contributed by atoms with E-state index in [2.05, 4.69) is 51.4 Å². The second-order valence-corrected chi connectivity index (χ2v) is 7.83. The molecule has 1 saturated heterocycles. The molecular weight excluding hydrogens is 320 g/mol. The molecule has 19 heavy (non-hydrogen) atoms. The molecule has 1 aliphatic heterocycles. The van der Waals surface area contributed by atoms with Crippen LogP contribution < -0.4 is 5.32 Å². The average molecular weight is 345 g/mol. The second-order valence-electron chi connectivity index (χ2n) is 5.91. The lowest BCUT2D eigenvalue weighted by atomic mass is 9.78. The third kappa shape index (κ3) is 4.85. The van der Waals surface area contributed by atoms with E-state index in [9.17, 15) is 0 Å². The number of nitrogens with zero attached hydrogens (tertiary/aromatic N) is 1. The Morgan fingerprint density at radius 1 is 1.42 bits per heavy atom. The first-order valence-corrected chi connectivity index (χ1v) is 8.94. The van der Waals surface area contributed by atoms with Crippen LogP contribution in [0.1, 0.15) is 38.0 Å². The van der Waals surface area contributed by atoms with Crippen molar-refractivity contribution < 1.29 is 0 Å². The maximum absolute atomic E-state index is 3.54. The number of nitrogens with one attached hydrogen (secondary N) is 1. The largest absolute Gasteiger partial charge is 0.311 e. The van der Waals surface area contributed by atoms with Gasteiger partial charge in [-0.25, -0.2) is 0 Å². The molecule has 0 bridgehead atoms. The zero-order valence-corrected chi connectivity index (χ0v) is 14.4. The van der Waals surface area contributed by atoms with Crippen LogP contribution in [-0.4, -0.2) is 31.1 Å². The third-order valence-electron chi connectivity index (χ3n) is 4.44. The fourth-order valence-electron chi connectivity index (χ4n) is 2.57. The summed E-state index contributed by atoms with van der Waals surface area (Å²) in [4.78, 5) is 4.01. The van der Waals surface area contributed by atoms with Gasteiger partial charge in [0, 0.05) is 34.4 Å². The summed E-state index contributed by atoms with van der Waals surface area (Å²) in [5.41, 5.74) is 0.604. The van der Waals surface area contributed by atoms with Crippen molar-refractivity contribution in [3.05, 3.63) is 20.8 Å². The minimum Gasteiger partial charge on any atom is -0.311 e. The number of hydrogen-bond donors (Lipinski definition) is 1. The fraction of sp³-hybridized carbons (Fsp3) is 0.733. The normalized spacial score (nSPS) is 19.7. The van der Waals surface area contributed by atoms with Gasteiger partial charge < -0.3 is 10.2 Å². The average Bonchev–Trinajstić information content (AvgIpc) is 2.83. The van der Waals surface area contributed by atoms with E-state index in [1.54, 1.807) is 0 Å². The standard InChI is InChI=1S/C15H25BrN2S/c1-3-15(2)4-7-18(8-5-15)9-6-17-11-14-10-13(16)12-19-14/h10,12,17H,3-9,11H2,1-2H3. The van der Waals surface area contributed by atoms with Gasteiger partial charge in [-0.2, -0.15) is 0 Å². The first kappa shape index (κ1) is 15.5. The lowest BCUT2D eigenvalue weighted by Gasteiger charge is -2.38. The Morgan fingerprint density at radius 2 is 2.16 bits per heavy atom. The van der Waals surface area contributed by atoms with Gasteiger partial charge in [0.15, 0.2) is 0 Å². The number of piperidine rings is 1. The van der Waals surface area contributed by atoms with Crippen LogP contribution in [0.4, 0.5) is 0 Å². The number of hydrogen-bond acceptors (Lipinski definition) is 3. The Morgan fingerprint density at radius 3 is 2.74 bits per heavy atom. The van der Waals surface area contributed by atoms with E-state index in [1.807, 2.05) is 11.3 Å². The van der Waals surface area contributed by atoms with Crippen molar-refractivity contribution in [2.24, 2.45) is 5.41 Å². The smallest absolute Gasteiger partial charge is 0.0300 e. The van der Waals surface area contributed by atoms with Gasteiger partial charge in [0.2, 0.25) is 0 Å². The Labute approximate surface area is 129 Å². The molecule has 0 spiro atoms. The van der Waals surface area contributed by atoms with E-state index < -0.39 is 0 Å². The number of rotatable bonds is 6. The molecule has 1 aliphatic rings. The summed E-state index contributed by atoms with van der Waals surface area (Å²) in [6, 6.07) is 2.20. The van der Waals surface area contributed by atoms with Gasteiger partial charge in [-0.05, 0) is 53.3 Å². The Kier molecular flexibility index (Phi) is 5.87. The topological polar surface area (TPSA) is 15.3 Å². The van der Waals surface area contributed by atoms with Gasteiger partial charge in [-0.1, -0.05) is 20.3 Å². The second kappa shape index (κ2) is 7.21. The van der Waals surface area contributed by atoms with Crippen LogP contribution in [0.2, 0.25) is 0 Å². The van der Waals surface area contributed by atoms with Gasteiger partial charge in [0.25, 0.3) is 0 Å². The molecule has 0 atom stereocenters. The summed E-state index contributed by atoms with van der Waals surface area (Å²) in [7, 11) is 0. The van der Waals surface area contributed by atoms with Crippen molar-refractivity contribution in [1.29, 1.82) is 0 Å². The number of likely N-dealkylation sites (tertiary alicyclic amines) is 1.